The summed E-state index contributed by atoms with van der Waals surface area (Å²) in [5.41, 5.74) is -1.15. The van der Waals surface area contributed by atoms with Gasteiger partial charge in [0.25, 0.3) is 0 Å². The van der Waals surface area contributed by atoms with Gasteiger partial charge in [0.2, 0.25) is 0 Å². The Hall–Kier alpha value is -1.59. The van der Waals surface area contributed by atoms with Gasteiger partial charge in [-0.1, -0.05) is 0 Å². The molecule has 3 unspecified atom stereocenters. The summed E-state index contributed by atoms with van der Waals surface area (Å²) in [5.74, 6) is 0.111. The second-order valence-corrected chi connectivity index (χ2v) is 7.63. The van der Waals surface area contributed by atoms with Crippen LogP contribution in [0, 0.1) is 17.2 Å². The maximum atomic E-state index is 13.1. The predicted octanol–water partition coefficient (Wildman–Crippen LogP) is 2.61. The van der Waals surface area contributed by atoms with Gasteiger partial charge >= 0.3 is 6.18 Å². The van der Waals surface area contributed by atoms with Crippen molar-refractivity contribution in [1.82, 2.24) is 0 Å². The number of anilines is 1. The molecule has 5 atom stereocenters. The smallest absolute Gasteiger partial charge is 0.373 e. The van der Waals surface area contributed by atoms with Gasteiger partial charge in [-0.2, -0.15) is 18.4 Å². The SMILES string of the molecule is N#Cc1ccc(N2CC3C([C@@H]4CC[C@H]3O4)S2=O)cc1C(F)(F)F. The first-order valence-corrected chi connectivity index (χ1v) is 8.52. The molecule has 1 aromatic rings. The van der Waals surface area contributed by atoms with Gasteiger partial charge in [0.05, 0.1) is 34.7 Å². The normalized spacial score (nSPS) is 35.4. The van der Waals surface area contributed by atoms with Crippen LogP contribution in [0.2, 0.25) is 0 Å². The fraction of sp³-hybridized carbons (Fsp3) is 0.533. The molecule has 2 bridgehead atoms. The third-order valence-corrected chi connectivity index (χ3v) is 6.81. The average Bonchev–Trinajstić information content (AvgIpc) is 3.19. The van der Waals surface area contributed by atoms with Crippen molar-refractivity contribution in [3.63, 3.8) is 0 Å². The maximum absolute atomic E-state index is 13.1. The van der Waals surface area contributed by atoms with Gasteiger partial charge < -0.3 is 4.74 Å². The van der Waals surface area contributed by atoms with Crippen molar-refractivity contribution in [3.05, 3.63) is 29.3 Å². The molecular weight excluding hydrogens is 329 g/mol. The van der Waals surface area contributed by atoms with Gasteiger partial charge in [0.15, 0.2) is 0 Å². The van der Waals surface area contributed by atoms with Crippen LogP contribution < -0.4 is 4.31 Å². The van der Waals surface area contributed by atoms with Crippen molar-refractivity contribution in [2.24, 2.45) is 5.92 Å². The molecule has 0 saturated carbocycles. The van der Waals surface area contributed by atoms with Crippen LogP contribution in [0.1, 0.15) is 24.0 Å². The molecule has 3 aliphatic heterocycles. The lowest BCUT2D eigenvalue weighted by atomic mass is 9.89. The number of benzene rings is 1. The first-order valence-electron chi connectivity index (χ1n) is 7.35. The third kappa shape index (κ3) is 2.17. The van der Waals surface area contributed by atoms with Gasteiger partial charge in [-0.15, -0.1) is 0 Å². The van der Waals surface area contributed by atoms with Gasteiger partial charge in [-0.25, -0.2) is 4.21 Å². The van der Waals surface area contributed by atoms with Crippen molar-refractivity contribution in [3.8, 4) is 6.07 Å². The van der Waals surface area contributed by atoms with Crippen LogP contribution in [-0.2, 0) is 21.9 Å². The second-order valence-electron chi connectivity index (χ2n) is 6.10. The monoisotopic (exact) mass is 342 g/mol. The number of hydrogen-bond donors (Lipinski definition) is 0. The summed E-state index contributed by atoms with van der Waals surface area (Å²) in [6.45, 7) is 0.432. The zero-order valence-electron chi connectivity index (χ0n) is 11.9. The van der Waals surface area contributed by atoms with Crippen LogP contribution in [-0.4, -0.2) is 28.2 Å². The Labute approximate surface area is 133 Å². The second kappa shape index (κ2) is 4.95. The zero-order valence-corrected chi connectivity index (χ0v) is 12.7. The molecule has 3 saturated heterocycles. The summed E-state index contributed by atoms with van der Waals surface area (Å²) >= 11 is 0. The van der Waals surface area contributed by atoms with Crippen LogP contribution in [0.15, 0.2) is 18.2 Å². The van der Waals surface area contributed by atoms with Gasteiger partial charge in [0, 0.05) is 18.2 Å². The van der Waals surface area contributed by atoms with E-state index in [9.17, 15) is 17.4 Å². The Morgan fingerprint density at radius 3 is 2.70 bits per heavy atom. The highest BCUT2D eigenvalue weighted by Crippen LogP contribution is 2.47. The van der Waals surface area contributed by atoms with Crippen molar-refractivity contribution >= 4 is 16.7 Å². The fourth-order valence-electron chi connectivity index (χ4n) is 3.87. The lowest BCUT2D eigenvalue weighted by Crippen LogP contribution is -2.31. The van der Waals surface area contributed by atoms with Gasteiger partial charge in [-0.05, 0) is 31.0 Å². The van der Waals surface area contributed by atoms with Crippen LogP contribution in [0.3, 0.4) is 0 Å². The molecular formula is C15H13F3N2O2S. The van der Waals surface area contributed by atoms with Gasteiger partial charge in [-0.3, -0.25) is 4.31 Å². The number of rotatable bonds is 1. The number of hydrogen-bond acceptors (Lipinski definition) is 3. The molecule has 0 N–H and O–H groups in total. The quantitative estimate of drug-likeness (QED) is 0.788. The topological polar surface area (TPSA) is 53.3 Å². The Bertz CT molecular complexity index is 730. The number of halogens is 3. The third-order valence-electron chi connectivity index (χ3n) is 4.89. The number of fused-ring (bicyclic) bond motifs is 5. The van der Waals surface area contributed by atoms with Crippen molar-refractivity contribution in [1.29, 1.82) is 5.26 Å². The molecule has 23 heavy (non-hydrogen) atoms. The summed E-state index contributed by atoms with van der Waals surface area (Å²) in [6, 6.07) is 5.08. The van der Waals surface area contributed by atoms with E-state index in [0.29, 0.717) is 6.54 Å². The van der Waals surface area contributed by atoms with Crippen LogP contribution >= 0.6 is 0 Å². The van der Waals surface area contributed by atoms with Crippen molar-refractivity contribution in [2.75, 3.05) is 10.8 Å². The number of alkyl halides is 3. The molecule has 0 radical (unpaired) electrons. The van der Waals surface area contributed by atoms with Crippen LogP contribution in [0.5, 0.6) is 0 Å². The molecule has 0 spiro atoms. The van der Waals surface area contributed by atoms with Crippen molar-refractivity contribution < 1.29 is 22.1 Å². The highest BCUT2D eigenvalue weighted by atomic mass is 32.2. The minimum atomic E-state index is -4.61. The highest BCUT2D eigenvalue weighted by molar-refractivity contribution is 7.87. The summed E-state index contributed by atoms with van der Waals surface area (Å²) in [7, 11) is -1.40. The molecule has 8 heteroatoms. The van der Waals surface area contributed by atoms with Crippen LogP contribution in [0.25, 0.3) is 0 Å². The average molecular weight is 342 g/mol. The van der Waals surface area contributed by atoms with E-state index in [4.69, 9.17) is 10.00 Å². The Morgan fingerprint density at radius 2 is 2.04 bits per heavy atom. The highest BCUT2D eigenvalue weighted by Gasteiger charge is 2.57. The summed E-state index contributed by atoms with van der Waals surface area (Å²) < 4.78 is 59.3. The van der Waals surface area contributed by atoms with E-state index in [1.165, 1.54) is 10.4 Å². The summed E-state index contributed by atoms with van der Waals surface area (Å²) in [6.07, 6.45) is -2.79. The zero-order chi connectivity index (χ0) is 16.4. The van der Waals surface area contributed by atoms with E-state index in [0.717, 1.165) is 25.0 Å². The molecule has 0 aromatic heterocycles. The number of nitriles is 1. The molecule has 4 rings (SSSR count). The Morgan fingerprint density at radius 1 is 1.30 bits per heavy atom. The van der Waals surface area contributed by atoms with E-state index in [1.54, 1.807) is 6.07 Å². The molecule has 0 aliphatic carbocycles. The lowest BCUT2D eigenvalue weighted by Gasteiger charge is -2.21. The minimum Gasteiger partial charge on any atom is -0.373 e. The Kier molecular flexibility index (Phi) is 3.22. The molecule has 0 amide bonds. The van der Waals surface area contributed by atoms with Crippen LogP contribution in [0.4, 0.5) is 18.9 Å². The molecule has 3 aliphatic rings. The summed E-state index contributed by atoms with van der Waals surface area (Å²) in [4.78, 5) is 0. The number of ether oxygens (including phenoxy) is 1. The van der Waals surface area contributed by atoms with E-state index in [-0.39, 0.29) is 29.1 Å². The predicted molar refractivity (Wildman–Crippen MR) is 76.8 cm³/mol. The first kappa shape index (κ1) is 15.0. The fourth-order valence-corrected chi connectivity index (χ4v) is 5.83. The van der Waals surface area contributed by atoms with E-state index >= 15 is 0 Å². The van der Waals surface area contributed by atoms with Gasteiger partial charge in [0.1, 0.15) is 11.0 Å². The molecule has 3 fully saturated rings. The lowest BCUT2D eigenvalue weighted by molar-refractivity contribution is -0.137. The minimum absolute atomic E-state index is 0.0451. The molecule has 4 nitrogen and oxygen atoms in total. The molecule has 1 aromatic carbocycles. The number of nitrogens with zero attached hydrogens (tertiary/aromatic N) is 2. The van der Waals surface area contributed by atoms with Crippen molar-refractivity contribution in [2.45, 2.75) is 36.5 Å². The Balaban J connectivity index is 1.70. The van der Waals surface area contributed by atoms with E-state index < -0.39 is 28.3 Å². The van der Waals surface area contributed by atoms with E-state index in [1.807, 2.05) is 0 Å². The standard InChI is InChI=1S/C15H13F3N2O2S/c16-15(17,18)11-5-9(2-1-8(11)6-19)20-7-10-12-3-4-13(22-12)14(10)23(20)21/h1-2,5,10,12-14H,3-4,7H2/t10?,12-,13+,14?,23?/m1/s1. The first-order chi connectivity index (χ1) is 10.9. The van der Waals surface area contributed by atoms with E-state index in [2.05, 4.69) is 0 Å². The molecule has 122 valence electrons. The summed E-state index contributed by atoms with van der Waals surface area (Å²) in [5, 5.41) is 8.73. The largest absolute Gasteiger partial charge is 0.417 e. The molecule has 3 heterocycles. The maximum Gasteiger partial charge on any atom is 0.417 e.